The molecule has 0 aromatic carbocycles. The summed E-state index contributed by atoms with van der Waals surface area (Å²) in [5, 5.41) is 35.2. The fourth-order valence-electron chi connectivity index (χ4n) is 2.23. The second kappa shape index (κ2) is 4.40. The largest absolute Gasteiger partial charge is 0.481 e. The van der Waals surface area contributed by atoms with Crippen LogP contribution in [0.5, 0.6) is 0 Å². The molecule has 8 nitrogen and oxygen atoms in total. The highest BCUT2D eigenvalue weighted by molar-refractivity contribution is 5.90. The van der Waals surface area contributed by atoms with Crippen LogP contribution < -0.4 is 0 Å². The summed E-state index contributed by atoms with van der Waals surface area (Å²) in [5.74, 6) is -12.6. The Morgan fingerprint density at radius 1 is 0.647 bits per heavy atom. The molecule has 0 bridgehead atoms. The molecule has 1 rings (SSSR count). The normalized spacial score (nSPS) is 32.0. The molecule has 0 aromatic rings. The number of rotatable bonds is 4. The lowest BCUT2D eigenvalue weighted by Crippen LogP contribution is -2.35. The fourth-order valence-corrected chi connectivity index (χ4v) is 2.23. The minimum atomic E-state index is -1.72. The van der Waals surface area contributed by atoms with Gasteiger partial charge in [0.25, 0.3) is 0 Å². The Bertz CT molecular complexity index is 350. The van der Waals surface area contributed by atoms with Gasteiger partial charge in [0.1, 0.15) is 0 Å². The molecule has 4 atom stereocenters. The van der Waals surface area contributed by atoms with Gasteiger partial charge >= 0.3 is 23.9 Å². The first-order valence-electron chi connectivity index (χ1n) is 4.68. The molecule has 1 fully saturated rings. The summed E-state index contributed by atoms with van der Waals surface area (Å²) in [5.41, 5.74) is 0. The Hall–Kier alpha value is -2.12. The third kappa shape index (κ3) is 2.19. The first-order chi connectivity index (χ1) is 7.77. The van der Waals surface area contributed by atoms with Gasteiger partial charge in [-0.05, 0) is 6.42 Å². The van der Waals surface area contributed by atoms with Crippen LogP contribution in [0.4, 0.5) is 0 Å². The van der Waals surface area contributed by atoms with Crippen molar-refractivity contribution in [2.45, 2.75) is 6.42 Å². The molecule has 1 saturated carbocycles. The van der Waals surface area contributed by atoms with Crippen LogP contribution in [-0.2, 0) is 19.2 Å². The van der Waals surface area contributed by atoms with Gasteiger partial charge in [-0.2, -0.15) is 0 Å². The van der Waals surface area contributed by atoms with Gasteiger partial charge < -0.3 is 20.4 Å². The van der Waals surface area contributed by atoms with E-state index in [4.69, 9.17) is 20.4 Å². The van der Waals surface area contributed by atoms with E-state index in [9.17, 15) is 19.2 Å². The van der Waals surface area contributed by atoms with Gasteiger partial charge in [0.15, 0.2) is 0 Å². The molecule has 1 aliphatic rings. The van der Waals surface area contributed by atoms with Crippen molar-refractivity contribution >= 4 is 23.9 Å². The molecule has 0 aliphatic heterocycles. The molecular weight excluding hydrogens is 236 g/mol. The van der Waals surface area contributed by atoms with Gasteiger partial charge in [-0.25, -0.2) is 0 Å². The van der Waals surface area contributed by atoms with E-state index in [-0.39, 0.29) is 0 Å². The molecular formula is C9H10O8. The molecule has 8 heteroatoms. The predicted molar refractivity (Wildman–Crippen MR) is 49.1 cm³/mol. The van der Waals surface area contributed by atoms with Crippen molar-refractivity contribution in [2.24, 2.45) is 23.7 Å². The summed E-state index contributed by atoms with van der Waals surface area (Å²) >= 11 is 0. The molecule has 0 aromatic heterocycles. The number of carboxylic acids is 4. The van der Waals surface area contributed by atoms with Crippen LogP contribution in [0, 0.1) is 23.7 Å². The van der Waals surface area contributed by atoms with E-state index in [1.54, 1.807) is 0 Å². The molecule has 0 unspecified atom stereocenters. The van der Waals surface area contributed by atoms with Gasteiger partial charge in [-0.1, -0.05) is 0 Å². The van der Waals surface area contributed by atoms with E-state index in [0.29, 0.717) is 0 Å². The topological polar surface area (TPSA) is 149 Å². The average Bonchev–Trinajstić information content (AvgIpc) is 2.56. The van der Waals surface area contributed by atoms with E-state index in [0.717, 1.165) is 0 Å². The lowest BCUT2D eigenvalue weighted by Gasteiger charge is -2.16. The van der Waals surface area contributed by atoms with Crippen LogP contribution >= 0.6 is 0 Å². The highest BCUT2D eigenvalue weighted by Crippen LogP contribution is 2.42. The maximum atomic E-state index is 10.9. The Labute approximate surface area is 94.5 Å². The van der Waals surface area contributed by atoms with Crippen LogP contribution in [0.2, 0.25) is 0 Å². The van der Waals surface area contributed by atoms with E-state index in [2.05, 4.69) is 0 Å². The smallest absolute Gasteiger partial charge is 0.308 e. The molecule has 0 saturated heterocycles. The lowest BCUT2D eigenvalue weighted by molar-refractivity contribution is -0.160. The Morgan fingerprint density at radius 3 is 1.12 bits per heavy atom. The van der Waals surface area contributed by atoms with Crippen LogP contribution in [0.3, 0.4) is 0 Å². The maximum absolute atomic E-state index is 10.9. The number of hydrogen-bond acceptors (Lipinski definition) is 4. The van der Waals surface area contributed by atoms with E-state index < -0.39 is 54.0 Å². The molecule has 0 radical (unpaired) electrons. The molecule has 1 aliphatic carbocycles. The van der Waals surface area contributed by atoms with Crippen molar-refractivity contribution in [3.63, 3.8) is 0 Å². The second-order valence-electron chi connectivity index (χ2n) is 3.85. The SMILES string of the molecule is O=C(O)[C@H]1[C@H](C(=O)O)[C@H](C(=O)O)C[C@H]1C(=O)O. The summed E-state index contributed by atoms with van der Waals surface area (Å²) < 4.78 is 0. The zero-order valence-corrected chi connectivity index (χ0v) is 8.44. The number of hydrogen-bond donors (Lipinski definition) is 4. The summed E-state index contributed by atoms with van der Waals surface area (Å²) in [7, 11) is 0. The molecule has 4 N–H and O–H groups in total. The van der Waals surface area contributed by atoms with E-state index >= 15 is 0 Å². The Balaban J connectivity index is 3.17. The molecule has 0 heterocycles. The maximum Gasteiger partial charge on any atom is 0.308 e. The molecule has 0 amide bonds. The third-order valence-electron chi connectivity index (χ3n) is 2.97. The van der Waals surface area contributed by atoms with Crippen molar-refractivity contribution in [3.8, 4) is 0 Å². The Morgan fingerprint density at radius 2 is 0.941 bits per heavy atom. The van der Waals surface area contributed by atoms with Crippen LogP contribution in [0.1, 0.15) is 6.42 Å². The summed E-state index contributed by atoms with van der Waals surface area (Å²) in [4.78, 5) is 43.4. The molecule has 94 valence electrons. The Kier molecular flexibility index (Phi) is 3.35. The standard InChI is InChI=1S/C9H10O8/c10-6(11)2-1-3(7(12)13)5(9(16)17)4(2)8(14)15/h2-5H,1H2,(H,10,11)(H,12,13)(H,14,15)(H,16,17)/t2-,3-,4-,5-/m1/s1. The van der Waals surface area contributed by atoms with E-state index in [1.807, 2.05) is 0 Å². The van der Waals surface area contributed by atoms with Crippen molar-refractivity contribution in [3.05, 3.63) is 0 Å². The van der Waals surface area contributed by atoms with Crippen LogP contribution in [-0.4, -0.2) is 44.3 Å². The van der Waals surface area contributed by atoms with Crippen molar-refractivity contribution in [1.82, 2.24) is 0 Å². The van der Waals surface area contributed by atoms with Gasteiger partial charge in [0.05, 0.1) is 23.7 Å². The zero-order valence-electron chi connectivity index (χ0n) is 8.44. The predicted octanol–water partition coefficient (Wildman–Crippen LogP) is -0.807. The minimum absolute atomic E-state index is 0.488. The highest BCUT2D eigenvalue weighted by Gasteiger charge is 2.56. The van der Waals surface area contributed by atoms with Crippen molar-refractivity contribution in [1.29, 1.82) is 0 Å². The number of aliphatic carboxylic acids is 4. The van der Waals surface area contributed by atoms with Crippen molar-refractivity contribution < 1.29 is 39.6 Å². The third-order valence-corrected chi connectivity index (χ3v) is 2.97. The lowest BCUT2D eigenvalue weighted by atomic mass is 9.87. The van der Waals surface area contributed by atoms with Gasteiger partial charge in [-0.15, -0.1) is 0 Å². The zero-order chi connectivity index (χ0) is 13.3. The first kappa shape index (κ1) is 12.9. The van der Waals surface area contributed by atoms with Crippen molar-refractivity contribution in [2.75, 3.05) is 0 Å². The average molecular weight is 246 g/mol. The summed E-state index contributed by atoms with van der Waals surface area (Å²) in [6.07, 6.45) is -0.488. The van der Waals surface area contributed by atoms with Crippen LogP contribution in [0.15, 0.2) is 0 Å². The number of carboxylic acid groups (broad SMARTS) is 4. The first-order valence-corrected chi connectivity index (χ1v) is 4.68. The van der Waals surface area contributed by atoms with Gasteiger partial charge in [-0.3, -0.25) is 19.2 Å². The summed E-state index contributed by atoms with van der Waals surface area (Å²) in [6, 6.07) is 0. The number of carbonyl (C=O) groups is 4. The second-order valence-corrected chi connectivity index (χ2v) is 3.85. The van der Waals surface area contributed by atoms with Crippen LogP contribution in [0.25, 0.3) is 0 Å². The quantitative estimate of drug-likeness (QED) is 0.503. The summed E-state index contributed by atoms with van der Waals surface area (Å²) in [6.45, 7) is 0. The van der Waals surface area contributed by atoms with Gasteiger partial charge in [0, 0.05) is 0 Å². The highest BCUT2D eigenvalue weighted by atomic mass is 16.4. The molecule has 17 heavy (non-hydrogen) atoms. The molecule has 0 spiro atoms. The van der Waals surface area contributed by atoms with Gasteiger partial charge in [0.2, 0.25) is 0 Å². The monoisotopic (exact) mass is 246 g/mol. The minimum Gasteiger partial charge on any atom is -0.481 e. The van der Waals surface area contributed by atoms with E-state index in [1.165, 1.54) is 0 Å². The fraction of sp³-hybridized carbons (Fsp3) is 0.556.